The molecule has 2 rings (SSSR count). The largest absolute Gasteiger partial charge is 0.369 e. The molecule has 1 aliphatic rings. The Kier molecular flexibility index (Phi) is 4.32. The highest BCUT2D eigenvalue weighted by atomic mass is 16.5. The van der Waals surface area contributed by atoms with Crippen LogP contribution in [0.15, 0.2) is 43.0 Å². The molecule has 0 spiro atoms. The van der Waals surface area contributed by atoms with Gasteiger partial charge in [-0.3, -0.25) is 4.79 Å². The number of Topliss-reactive ketones (excluding diaryl/α,β-unsaturated/α-hetero) is 1. The zero-order valence-electron chi connectivity index (χ0n) is 10.8. The number of ether oxygens (including phenoxy) is 1. The molecule has 1 aliphatic heterocycles. The van der Waals surface area contributed by atoms with E-state index in [9.17, 15) is 4.79 Å². The fourth-order valence-corrected chi connectivity index (χ4v) is 2.62. The Hall–Kier alpha value is -1.41. The molecular formula is C16H20O2. The zero-order valence-corrected chi connectivity index (χ0v) is 10.8. The van der Waals surface area contributed by atoms with Gasteiger partial charge in [0, 0.05) is 5.92 Å². The van der Waals surface area contributed by atoms with E-state index in [0.717, 1.165) is 24.8 Å². The molecule has 0 N–H and O–H groups in total. The van der Waals surface area contributed by atoms with Crippen molar-refractivity contribution in [2.24, 2.45) is 5.92 Å². The van der Waals surface area contributed by atoms with Gasteiger partial charge in [0.2, 0.25) is 0 Å². The Labute approximate surface area is 109 Å². The summed E-state index contributed by atoms with van der Waals surface area (Å²) in [6, 6.07) is 10.0. The Bertz CT molecular complexity index is 410. The molecule has 0 bridgehead atoms. The molecule has 1 aromatic rings. The van der Waals surface area contributed by atoms with E-state index in [2.05, 4.69) is 6.58 Å². The quantitative estimate of drug-likeness (QED) is 0.755. The van der Waals surface area contributed by atoms with Crippen molar-refractivity contribution in [3.63, 3.8) is 0 Å². The van der Waals surface area contributed by atoms with Crippen LogP contribution in [0.25, 0.3) is 0 Å². The third-order valence-corrected chi connectivity index (χ3v) is 3.58. The molecule has 0 aromatic heterocycles. The van der Waals surface area contributed by atoms with Crippen LogP contribution in [-0.4, -0.2) is 11.9 Å². The van der Waals surface area contributed by atoms with Crippen LogP contribution in [0.3, 0.4) is 0 Å². The lowest BCUT2D eigenvalue weighted by Crippen LogP contribution is -2.32. The van der Waals surface area contributed by atoms with Gasteiger partial charge in [-0.25, -0.2) is 0 Å². The van der Waals surface area contributed by atoms with E-state index in [1.165, 1.54) is 0 Å². The Morgan fingerprint density at radius 2 is 2.11 bits per heavy atom. The highest BCUT2D eigenvalue weighted by Gasteiger charge is 2.34. The van der Waals surface area contributed by atoms with Crippen molar-refractivity contribution in [3.8, 4) is 0 Å². The van der Waals surface area contributed by atoms with Crippen LogP contribution in [0.2, 0.25) is 0 Å². The van der Waals surface area contributed by atoms with Crippen molar-refractivity contribution in [1.29, 1.82) is 0 Å². The van der Waals surface area contributed by atoms with Gasteiger partial charge in [-0.2, -0.15) is 0 Å². The Balaban J connectivity index is 2.20. The van der Waals surface area contributed by atoms with E-state index < -0.39 is 0 Å². The maximum absolute atomic E-state index is 11.7. The summed E-state index contributed by atoms with van der Waals surface area (Å²) in [5.74, 6) is 0.217. The lowest BCUT2D eigenvalue weighted by Gasteiger charge is -2.35. The molecule has 3 atom stereocenters. The van der Waals surface area contributed by atoms with Crippen LogP contribution in [0.5, 0.6) is 0 Å². The third kappa shape index (κ3) is 2.88. The third-order valence-electron chi connectivity index (χ3n) is 3.58. The molecule has 2 heteroatoms. The average Bonchev–Trinajstić information content (AvgIpc) is 2.40. The van der Waals surface area contributed by atoms with Gasteiger partial charge in [-0.15, -0.1) is 6.58 Å². The fourth-order valence-electron chi connectivity index (χ4n) is 2.62. The van der Waals surface area contributed by atoms with Crippen LogP contribution in [0.1, 0.15) is 37.9 Å². The van der Waals surface area contributed by atoms with Crippen LogP contribution in [0.4, 0.5) is 0 Å². The van der Waals surface area contributed by atoms with Crippen LogP contribution in [0, 0.1) is 5.92 Å². The number of ketones is 1. The minimum Gasteiger partial charge on any atom is -0.369 e. The average molecular weight is 244 g/mol. The Morgan fingerprint density at radius 1 is 1.39 bits per heavy atom. The first-order valence-electron chi connectivity index (χ1n) is 6.54. The van der Waals surface area contributed by atoms with Gasteiger partial charge in [0.15, 0.2) is 0 Å². The van der Waals surface area contributed by atoms with Crippen molar-refractivity contribution in [2.75, 3.05) is 0 Å². The summed E-state index contributed by atoms with van der Waals surface area (Å²) in [5, 5.41) is 0. The first kappa shape index (κ1) is 13.0. The van der Waals surface area contributed by atoms with E-state index in [-0.39, 0.29) is 23.9 Å². The maximum atomic E-state index is 11.7. The predicted octanol–water partition coefficient (Wildman–Crippen LogP) is 3.69. The first-order chi connectivity index (χ1) is 8.72. The van der Waals surface area contributed by atoms with Crippen molar-refractivity contribution >= 4 is 5.78 Å². The van der Waals surface area contributed by atoms with Gasteiger partial charge < -0.3 is 4.74 Å². The normalized spacial score (nSPS) is 27.7. The summed E-state index contributed by atoms with van der Waals surface area (Å²) in [4.78, 5) is 11.7. The summed E-state index contributed by atoms with van der Waals surface area (Å²) in [6.45, 7) is 5.42. The topological polar surface area (TPSA) is 26.3 Å². The minimum absolute atomic E-state index is 0.00605. The van der Waals surface area contributed by atoms with Crippen molar-refractivity contribution < 1.29 is 9.53 Å². The number of carbonyl (C=O) groups is 1. The summed E-state index contributed by atoms with van der Waals surface area (Å²) < 4.78 is 6.09. The van der Waals surface area contributed by atoms with Gasteiger partial charge in [-0.05, 0) is 31.7 Å². The SMILES string of the molecule is C=CC[C@@H]1CC[C@@H](C(C)=O)[C@H](c2ccccc2)O1. The maximum Gasteiger partial charge on any atom is 0.135 e. The van der Waals surface area contributed by atoms with Gasteiger partial charge in [-0.1, -0.05) is 36.4 Å². The van der Waals surface area contributed by atoms with E-state index in [0.29, 0.717) is 0 Å². The molecular weight excluding hydrogens is 224 g/mol. The number of carbonyl (C=O) groups excluding carboxylic acids is 1. The van der Waals surface area contributed by atoms with Gasteiger partial charge in [0.05, 0.1) is 12.2 Å². The van der Waals surface area contributed by atoms with Crippen molar-refractivity contribution in [3.05, 3.63) is 48.6 Å². The second kappa shape index (κ2) is 5.96. The number of hydrogen-bond donors (Lipinski definition) is 0. The molecule has 0 aliphatic carbocycles. The van der Waals surface area contributed by atoms with Gasteiger partial charge in [0.1, 0.15) is 5.78 Å². The Morgan fingerprint density at radius 3 is 2.72 bits per heavy atom. The van der Waals surface area contributed by atoms with Crippen LogP contribution in [-0.2, 0) is 9.53 Å². The molecule has 2 nitrogen and oxygen atoms in total. The molecule has 18 heavy (non-hydrogen) atoms. The van der Waals surface area contributed by atoms with Crippen molar-refractivity contribution in [2.45, 2.75) is 38.4 Å². The molecule has 0 amide bonds. The molecule has 96 valence electrons. The first-order valence-corrected chi connectivity index (χ1v) is 6.54. The predicted molar refractivity (Wildman–Crippen MR) is 72.3 cm³/mol. The highest BCUT2D eigenvalue weighted by molar-refractivity contribution is 5.79. The van der Waals surface area contributed by atoms with Gasteiger partial charge in [0.25, 0.3) is 0 Å². The fraction of sp³-hybridized carbons (Fsp3) is 0.438. The van der Waals surface area contributed by atoms with Crippen molar-refractivity contribution in [1.82, 2.24) is 0 Å². The van der Waals surface area contributed by atoms with E-state index in [4.69, 9.17) is 4.74 Å². The number of hydrogen-bond acceptors (Lipinski definition) is 2. The zero-order chi connectivity index (χ0) is 13.0. The minimum atomic E-state index is -0.0950. The molecule has 1 heterocycles. The van der Waals surface area contributed by atoms with E-state index >= 15 is 0 Å². The summed E-state index contributed by atoms with van der Waals surface area (Å²) in [5.41, 5.74) is 1.10. The molecule has 0 unspecified atom stereocenters. The molecule has 1 saturated heterocycles. The summed E-state index contributed by atoms with van der Waals surface area (Å²) >= 11 is 0. The summed E-state index contributed by atoms with van der Waals surface area (Å²) in [6.07, 6.45) is 4.70. The highest BCUT2D eigenvalue weighted by Crippen LogP contribution is 2.37. The lowest BCUT2D eigenvalue weighted by molar-refractivity contribution is -0.136. The molecule has 1 fully saturated rings. The second-order valence-corrected chi connectivity index (χ2v) is 4.91. The number of rotatable bonds is 4. The van der Waals surface area contributed by atoms with Crippen LogP contribution >= 0.6 is 0 Å². The lowest BCUT2D eigenvalue weighted by atomic mass is 9.84. The monoisotopic (exact) mass is 244 g/mol. The van der Waals surface area contributed by atoms with Crippen LogP contribution < -0.4 is 0 Å². The standard InChI is InChI=1S/C16H20O2/c1-3-7-14-10-11-15(12(2)17)16(18-14)13-8-5-4-6-9-13/h3-6,8-9,14-16H,1,7,10-11H2,2H3/t14-,15+,16+/m1/s1. The molecule has 0 saturated carbocycles. The van der Waals surface area contributed by atoms with E-state index in [1.807, 2.05) is 36.4 Å². The smallest absolute Gasteiger partial charge is 0.135 e. The number of benzene rings is 1. The van der Waals surface area contributed by atoms with Gasteiger partial charge >= 0.3 is 0 Å². The summed E-state index contributed by atoms with van der Waals surface area (Å²) in [7, 11) is 0. The second-order valence-electron chi connectivity index (χ2n) is 4.91. The molecule has 1 aromatic carbocycles. The van der Waals surface area contributed by atoms with E-state index in [1.54, 1.807) is 6.92 Å². The molecule has 0 radical (unpaired) electrons.